The number of carbonyl (C=O) groups is 3. The van der Waals surface area contributed by atoms with Gasteiger partial charge in [-0.05, 0) is 12.1 Å². The number of nitro groups is 1. The Morgan fingerprint density at radius 1 is 1.26 bits per heavy atom. The monoisotopic (exact) mass is 392 g/mol. The summed E-state index contributed by atoms with van der Waals surface area (Å²) in [5.74, 6) is -2.27. The van der Waals surface area contributed by atoms with Crippen molar-refractivity contribution < 1.29 is 37.2 Å². The van der Waals surface area contributed by atoms with Crippen molar-refractivity contribution in [1.29, 1.82) is 0 Å². The minimum atomic E-state index is -4.65. The van der Waals surface area contributed by atoms with Crippen molar-refractivity contribution in [3.8, 4) is 0 Å². The third kappa shape index (κ3) is 7.17. The molecule has 2 N–H and O–H groups in total. The Balaban J connectivity index is 2.64. The molecule has 0 saturated heterocycles. The van der Waals surface area contributed by atoms with E-state index in [0.29, 0.717) is 0 Å². The Morgan fingerprint density at radius 3 is 2.41 bits per heavy atom. The van der Waals surface area contributed by atoms with Crippen LogP contribution in [0.3, 0.4) is 0 Å². The van der Waals surface area contributed by atoms with E-state index in [9.17, 15) is 37.7 Å². The molecule has 27 heavy (non-hydrogen) atoms. The van der Waals surface area contributed by atoms with Crippen LogP contribution in [0.2, 0.25) is 0 Å². The number of nitrogens with zero attached hydrogens (tertiary/aromatic N) is 2. The Morgan fingerprint density at radius 2 is 1.89 bits per heavy atom. The summed E-state index contributed by atoms with van der Waals surface area (Å²) >= 11 is 0. The minimum Gasteiger partial charge on any atom is -0.452 e. The standard InChI is InChI=1S/C14H15F3N4O6/c1-20(2)9-4-3-8(5-10(9)21(25)26)12(23)27-6-11(22)19-13(24)18-7-14(15,16)17/h3-5H,6-7H2,1-2H3,(H2,18,19,22,24). The molecule has 10 nitrogen and oxygen atoms in total. The maximum absolute atomic E-state index is 11.9. The van der Waals surface area contributed by atoms with Crippen LogP contribution in [0.4, 0.5) is 29.3 Å². The molecule has 3 amide bonds. The number of esters is 1. The molecule has 0 heterocycles. The first-order valence-corrected chi connectivity index (χ1v) is 7.18. The molecule has 0 unspecified atom stereocenters. The van der Waals surface area contributed by atoms with Crippen LogP contribution in [0.1, 0.15) is 10.4 Å². The number of hydrogen-bond acceptors (Lipinski definition) is 7. The second kappa shape index (κ2) is 8.82. The van der Waals surface area contributed by atoms with Crippen LogP contribution in [-0.2, 0) is 9.53 Å². The molecule has 0 atom stereocenters. The normalized spacial score (nSPS) is 10.7. The molecular formula is C14H15F3N4O6. The fraction of sp³-hybridized carbons (Fsp3) is 0.357. The smallest absolute Gasteiger partial charge is 0.405 e. The third-order valence-electron chi connectivity index (χ3n) is 2.93. The zero-order valence-electron chi connectivity index (χ0n) is 14.1. The van der Waals surface area contributed by atoms with Gasteiger partial charge in [-0.1, -0.05) is 0 Å². The highest BCUT2D eigenvalue weighted by molar-refractivity contribution is 5.97. The van der Waals surface area contributed by atoms with Gasteiger partial charge in [0, 0.05) is 20.2 Å². The summed E-state index contributed by atoms with van der Waals surface area (Å²) in [6.07, 6.45) is -4.65. The first-order chi connectivity index (χ1) is 12.4. The van der Waals surface area contributed by atoms with Crippen molar-refractivity contribution in [1.82, 2.24) is 10.6 Å². The summed E-state index contributed by atoms with van der Waals surface area (Å²) in [6.45, 7) is -2.62. The summed E-state index contributed by atoms with van der Waals surface area (Å²) < 4.78 is 40.3. The lowest BCUT2D eigenvalue weighted by Crippen LogP contribution is -2.44. The molecular weight excluding hydrogens is 377 g/mol. The van der Waals surface area contributed by atoms with Gasteiger partial charge >= 0.3 is 18.2 Å². The van der Waals surface area contributed by atoms with Gasteiger partial charge in [0.05, 0.1) is 10.5 Å². The maximum atomic E-state index is 11.9. The zero-order chi connectivity index (χ0) is 20.8. The van der Waals surface area contributed by atoms with E-state index in [1.165, 1.54) is 27.7 Å². The van der Waals surface area contributed by atoms with Crippen molar-refractivity contribution >= 4 is 29.3 Å². The number of hydrogen-bond donors (Lipinski definition) is 2. The number of imide groups is 1. The van der Waals surface area contributed by atoms with Crippen LogP contribution in [-0.4, -0.2) is 56.3 Å². The van der Waals surface area contributed by atoms with E-state index in [1.54, 1.807) is 14.1 Å². The van der Waals surface area contributed by atoms with Gasteiger partial charge in [0.25, 0.3) is 11.6 Å². The molecule has 0 aromatic heterocycles. The fourth-order valence-corrected chi connectivity index (χ4v) is 1.78. The second-order valence-electron chi connectivity index (χ2n) is 5.28. The Kier molecular flexibility index (Phi) is 7.08. The fourth-order valence-electron chi connectivity index (χ4n) is 1.78. The van der Waals surface area contributed by atoms with Crippen LogP contribution in [0, 0.1) is 10.1 Å². The van der Waals surface area contributed by atoms with Gasteiger partial charge in [-0.3, -0.25) is 20.2 Å². The molecule has 0 aliphatic heterocycles. The van der Waals surface area contributed by atoms with Gasteiger partial charge in [-0.15, -0.1) is 0 Å². The molecule has 0 saturated carbocycles. The number of halogens is 3. The lowest BCUT2D eigenvalue weighted by molar-refractivity contribution is -0.384. The van der Waals surface area contributed by atoms with Gasteiger partial charge in [0.1, 0.15) is 12.2 Å². The van der Waals surface area contributed by atoms with Crippen LogP contribution in [0.15, 0.2) is 18.2 Å². The number of benzene rings is 1. The summed E-state index contributed by atoms with van der Waals surface area (Å²) in [5, 5.41) is 14.0. The molecule has 1 aromatic carbocycles. The summed E-state index contributed by atoms with van der Waals surface area (Å²) in [5.41, 5.74) is -0.359. The maximum Gasteiger partial charge on any atom is 0.405 e. The van der Waals surface area contributed by atoms with Crippen molar-refractivity contribution in [3.05, 3.63) is 33.9 Å². The molecule has 1 aromatic rings. The van der Waals surface area contributed by atoms with E-state index in [-0.39, 0.29) is 16.9 Å². The quantitative estimate of drug-likeness (QED) is 0.423. The summed E-state index contributed by atoms with van der Waals surface area (Å²) in [4.78, 5) is 46.1. The van der Waals surface area contributed by atoms with Crippen molar-refractivity contribution in [2.45, 2.75) is 6.18 Å². The number of rotatable bonds is 6. The van der Waals surface area contributed by atoms with E-state index in [2.05, 4.69) is 4.74 Å². The first kappa shape index (κ1) is 21.7. The third-order valence-corrected chi connectivity index (χ3v) is 2.93. The molecule has 0 radical (unpaired) electrons. The van der Waals surface area contributed by atoms with Crippen LogP contribution in [0.5, 0.6) is 0 Å². The average molecular weight is 392 g/mol. The predicted octanol–water partition coefficient (Wildman–Crippen LogP) is 1.21. The van der Waals surface area contributed by atoms with Gasteiger partial charge in [-0.25, -0.2) is 9.59 Å². The lowest BCUT2D eigenvalue weighted by Gasteiger charge is -2.13. The highest BCUT2D eigenvalue weighted by Gasteiger charge is 2.28. The minimum absolute atomic E-state index is 0.221. The highest BCUT2D eigenvalue weighted by atomic mass is 19.4. The molecule has 1 rings (SSSR count). The van der Waals surface area contributed by atoms with Crippen molar-refractivity contribution in [2.75, 3.05) is 32.1 Å². The first-order valence-electron chi connectivity index (χ1n) is 7.18. The Labute approximate surface area is 150 Å². The number of ether oxygens (including phenoxy) is 1. The number of urea groups is 1. The number of amides is 3. The number of anilines is 1. The summed E-state index contributed by atoms with van der Waals surface area (Å²) in [6, 6.07) is 2.07. The molecule has 0 fully saturated rings. The molecule has 0 aliphatic carbocycles. The van der Waals surface area contributed by atoms with Crippen molar-refractivity contribution in [3.63, 3.8) is 0 Å². The predicted molar refractivity (Wildman–Crippen MR) is 85.3 cm³/mol. The van der Waals surface area contributed by atoms with E-state index >= 15 is 0 Å². The molecule has 0 aliphatic rings. The van der Waals surface area contributed by atoms with Crippen LogP contribution < -0.4 is 15.5 Å². The molecule has 0 spiro atoms. The lowest BCUT2D eigenvalue weighted by atomic mass is 10.1. The highest BCUT2D eigenvalue weighted by Crippen LogP contribution is 2.27. The van der Waals surface area contributed by atoms with Gasteiger partial charge in [-0.2, -0.15) is 13.2 Å². The average Bonchev–Trinajstić information content (AvgIpc) is 2.56. The number of alkyl halides is 3. The topological polar surface area (TPSA) is 131 Å². The van der Waals surface area contributed by atoms with E-state index in [0.717, 1.165) is 6.07 Å². The number of nitro benzene ring substituents is 1. The van der Waals surface area contributed by atoms with Gasteiger partial charge in [0.15, 0.2) is 6.61 Å². The Hall–Kier alpha value is -3.38. The van der Waals surface area contributed by atoms with E-state index < -0.39 is 42.2 Å². The number of carbonyl (C=O) groups excluding carboxylic acids is 3. The van der Waals surface area contributed by atoms with Crippen molar-refractivity contribution in [2.24, 2.45) is 0 Å². The molecule has 148 valence electrons. The SMILES string of the molecule is CN(C)c1ccc(C(=O)OCC(=O)NC(=O)NCC(F)(F)F)cc1[N+](=O)[O-]. The summed E-state index contributed by atoms with van der Waals surface area (Å²) in [7, 11) is 3.13. The van der Waals surface area contributed by atoms with Crippen LogP contribution >= 0.6 is 0 Å². The molecule has 13 heteroatoms. The second-order valence-corrected chi connectivity index (χ2v) is 5.28. The zero-order valence-corrected chi connectivity index (χ0v) is 14.1. The van der Waals surface area contributed by atoms with E-state index in [4.69, 9.17) is 0 Å². The van der Waals surface area contributed by atoms with E-state index in [1.807, 2.05) is 0 Å². The molecule has 0 bridgehead atoms. The largest absolute Gasteiger partial charge is 0.452 e. The van der Waals surface area contributed by atoms with Crippen LogP contribution in [0.25, 0.3) is 0 Å². The van der Waals surface area contributed by atoms with Gasteiger partial charge < -0.3 is 15.0 Å². The Bertz CT molecular complexity index is 751. The number of nitrogens with one attached hydrogen (secondary N) is 2. The van der Waals surface area contributed by atoms with Gasteiger partial charge in [0.2, 0.25) is 0 Å².